The number of fused-ring (bicyclic) bond motifs is 3. The molecular formula is C21H24N2O2S. The van der Waals surface area contributed by atoms with Gasteiger partial charge in [-0.3, -0.25) is 0 Å². The van der Waals surface area contributed by atoms with Gasteiger partial charge in [-0.1, -0.05) is 48.5 Å². The molecule has 26 heavy (non-hydrogen) atoms. The third-order valence-electron chi connectivity index (χ3n) is 5.39. The minimum atomic E-state index is -3.23. The van der Waals surface area contributed by atoms with Crippen LogP contribution in [0, 0.1) is 0 Å². The van der Waals surface area contributed by atoms with Crippen molar-refractivity contribution in [2.75, 3.05) is 12.3 Å². The van der Waals surface area contributed by atoms with Gasteiger partial charge in [-0.05, 0) is 36.5 Å². The van der Waals surface area contributed by atoms with Crippen molar-refractivity contribution in [2.45, 2.75) is 25.8 Å². The molecule has 0 saturated heterocycles. The Morgan fingerprint density at radius 1 is 1.00 bits per heavy atom. The highest BCUT2D eigenvalue weighted by Crippen LogP contribution is 2.31. The van der Waals surface area contributed by atoms with Crippen molar-refractivity contribution in [3.8, 4) is 0 Å². The first kappa shape index (κ1) is 17.3. The molecule has 4 rings (SSSR count). The van der Waals surface area contributed by atoms with Gasteiger partial charge in [0.25, 0.3) is 0 Å². The number of hydrogen-bond donors (Lipinski definition) is 0. The minimum Gasteiger partial charge on any atom is -0.346 e. The zero-order valence-corrected chi connectivity index (χ0v) is 15.9. The summed E-state index contributed by atoms with van der Waals surface area (Å²) in [6, 6.07) is 18.4. The average molecular weight is 369 g/mol. The van der Waals surface area contributed by atoms with Crippen molar-refractivity contribution in [1.82, 2.24) is 8.87 Å². The lowest BCUT2D eigenvalue weighted by atomic mass is 10.1. The van der Waals surface area contributed by atoms with Crippen LogP contribution in [0.25, 0.3) is 10.9 Å². The van der Waals surface area contributed by atoms with Gasteiger partial charge in [0.1, 0.15) is 0 Å². The average Bonchev–Trinajstić information content (AvgIpc) is 2.95. The third-order valence-corrected chi connectivity index (χ3v) is 7.29. The Hall–Kier alpha value is -2.11. The summed E-state index contributed by atoms with van der Waals surface area (Å²) in [5.74, 6) is 0.209. The molecule has 0 radical (unpaired) electrons. The van der Waals surface area contributed by atoms with Crippen LogP contribution in [0.2, 0.25) is 0 Å². The Morgan fingerprint density at radius 3 is 2.54 bits per heavy atom. The first-order chi connectivity index (χ1) is 12.6. The zero-order chi connectivity index (χ0) is 18.1. The Kier molecular flexibility index (Phi) is 4.59. The molecule has 0 fully saturated rings. The molecule has 2 heterocycles. The topological polar surface area (TPSA) is 42.3 Å². The van der Waals surface area contributed by atoms with Crippen LogP contribution in [-0.2, 0) is 36.5 Å². The van der Waals surface area contributed by atoms with Gasteiger partial charge in [-0.15, -0.1) is 0 Å². The zero-order valence-electron chi connectivity index (χ0n) is 15.1. The van der Waals surface area contributed by atoms with E-state index in [0.717, 1.165) is 18.5 Å². The smallest absolute Gasteiger partial charge is 0.214 e. The van der Waals surface area contributed by atoms with Gasteiger partial charge in [-0.25, -0.2) is 8.42 Å². The highest BCUT2D eigenvalue weighted by Gasteiger charge is 2.29. The maximum atomic E-state index is 12.8. The van der Waals surface area contributed by atoms with E-state index in [2.05, 4.69) is 34.9 Å². The molecule has 136 valence electrons. The maximum absolute atomic E-state index is 12.8. The van der Waals surface area contributed by atoms with E-state index in [9.17, 15) is 8.42 Å². The van der Waals surface area contributed by atoms with Crippen molar-refractivity contribution < 1.29 is 8.42 Å². The quantitative estimate of drug-likeness (QED) is 0.692. The van der Waals surface area contributed by atoms with Gasteiger partial charge in [-0.2, -0.15) is 4.31 Å². The summed E-state index contributed by atoms with van der Waals surface area (Å²) in [4.78, 5) is 0. The summed E-state index contributed by atoms with van der Waals surface area (Å²) in [5.41, 5.74) is 4.81. The lowest BCUT2D eigenvalue weighted by Gasteiger charge is -2.27. The van der Waals surface area contributed by atoms with E-state index in [4.69, 9.17) is 0 Å². The van der Waals surface area contributed by atoms with E-state index in [1.165, 1.54) is 22.0 Å². The lowest BCUT2D eigenvalue weighted by Crippen LogP contribution is -2.38. The van der Waals surface area contributed by atoms with Crippen LogP contribution >= 0.6 is 0 Å². The molecule has 0 spiro atoms. The number of benzene rings is 2. The van der Waals surface area contributed by atoms with Crippen molar-refractivity contribution in [3.63, 3.8) is 0 Å². The van der Waals surface area contributed by atoms with E-state index < -0.39 is 10.0 Å². The summed E-state index contributed by atoms with van der Waals surface area (Å²) in [6.45, 7) is 1.06. The van der Waals surface area contributed by atoms with Gasteiger partial charge >= 0.3 is 0 Å². The number of para-hydroxylation sites is 1. The maximum Gasteiger partial charge on any atom is 0.214 e. The largest absolute Gasteiger partial charge is 0.346 e. The van der Waals surface area contributed by atoms with Crippen molar-refractivity contribution in [1.29, 1.82) is 0 Å². The molecule has 0 N–H and O–H groups in total. The van der Waals surface area contributed by atoms with E-state index >= 15 is 0 Å². The Labute approximate surface area is 155 Å². The third kappa shape index (κ3) is 3.17. The first-order valence-electron chi connectivity index (χ1n) is 9.13. The van der Waals surface area contributed by atoms with Crippen LogP contribution in [0.15, 0.2) is 54.6 Å². The molecule has 0 atom stereocenters. The first-order valence-corrected chi connectivity index (χ1v) is 10.7. The Balaban J connectivity index is 1.49. The number of aromatic nitrogens is 1. The molecule has 0 unspecified atom stereocenters. The molecule has 1 aromatic heterocycles. The molecule has 2 aromatic carbocycles. The van der Waals surface area contributed by atoms with E-state index in [1.807, 2.05) is 31.3 Å². The van der Waals surface area contributed by atoms with E-state index in [-0.39, 0.29) is 5.75 Å². The van der Waals surface area contributed by atoms with Gasteiger partial charge in [0.2, 0.25) is 10.0 Å². The van der Waals surface area contributed by atoms with Crippen LogP contribution in [-0.4, -0.2) is 29.6 Å². The number of hydrogen-bond acceptors (Lipinski definition) is 2. The van der Waals surface area contributed by atoms with Crippen LogP contribution < -0.4 is 0 Å². The van der Waals surface area contributed by atoms with Gasteiger partial charge in [0, 0.05) is 30.2 Å². The summed E-state index contributed by atoms with van der Waals surface area (Å²) >= 11 is 0. The van der Waals surface area contributed by atoms with Crippen molar-refractivity contribution >= 4 is 20.9 Å². The number of sulfonamides is 1. The second-order valence-electron chi connectivity index (χ2n) is 6.99. The summed E-state index contributed by atoms with van der Waals surface area (Å²) < 4.78 is 29.5. The standard InChI is InChI=1S/C21H24N2O2S/c1-22-20-12-6-5-11-18(20)19-13-14-23(16-21(19)22)26(24,25)15-7-10-17-8-3-2-4-9-17/h2-6,8-9,11-12H,7,10,13-16H2,1H3. The van der Waals surface area contributed by atoms with Crippen molar-refractivity contribution in [2.24, 2.45) is 7.05 Å². The number of aryl methyl sites for hydroxylation is 2. The SMILES string of the molecule is Cn1c2c(c3ccccc31)CCN(S(=O)(=O)CCCc1ccccc1)C2. The van der Waals surface area contributed by atoms with Crippen LogP contribution in [0.4, 0.5) is 0 Å². The Bertz CT molecular complexity index is 1020. The molecule has 4 nitrogen and oxygen atoms in total. The monoisotopic (exact) mass is 368 g/mol. The number of nitrogens with zero attached hydrogens (tertiary/aromatic N) is 2. The fraction of sp³-hybridized carbons (Fsp3) is 0.333. The lowest BCUT2D eigenvalue weighted by molar-refractivity contribution is 0.382. The van der Waals surface area contributed by atoms with Gasteiger partial charge in [0.05, 0.1) is 12.3 Å². The molecule has 1 aliphatic heterocycles. The second-order valence-corrected chi connectivity index (χ2v) is 9.08. The predicted molar refractivity (Wildman–Crippen MR) is 106 cm³/mol. The predicted octanol–water partition coefficient (Wildman–Crippen LogP) is 3.50. The van der Waals surface area contributed by atoms with Gasteiger partial charge in [0.15, 0.2) is 0 Å². The molecule has 5 heteroatoms. The molecular weight excluding hydrogens is 344 g/mol. The number of rotatable bonds is 5. The highest BCUT2D eigenvalue weighted by molar-refractivity contribution is 7.89. The fourth-order valence-electron chi connectivity index (χ4n) is 3.96. The summed E-state index contributed by atoms with van der Waals surface area (Å²) in [5, 5.41) is 1.26. The molecule has 0 aliphatic carbocycles. The normalized spacial score (nSPS) is 15.3. The molecule has 3 aromatic rings. The fourth-order valence-corrected chi connectivity index (χ4v) is 5.41. The van der Waals surface area contributed by atoms with Crippen LogP contribution in [0.5, 0.6) is 0 Å². The second kappa shape index (κ2) is 6.89. The van der Waals surface area contributed by atoms with Crippen LogP contribution in [0.1, 0.15) is 23.2 Å². The summed E-state index contributed by atoms with van der Waals surface area (Å²) in [7, 11) is -1.20. The Morgan fingerprint density at radius 2 is 1.73 bits per heavy atom. The molecule has 0 saturated carbocycles. The van der Waals surface area contributed by atoms with Crippen LogP contribution in [0.3, 0.4) is 0 Å². The molecule has 0 amide bonds. The van der Waals surface area contributed by atoms with Crippen molar-refractivity contribution in [3.05, 3.63) is 71.4 Å². The summed E-state index contributed by atoms with van der Waals surface area (Å²) in [6.07, 6.45) is 2.24. The van der Waals surface area contributed by atoms with Gasteiger partial charge < -0.3 is 4.57 Å². The molecule has 1 aliphatic rings. The molecule has 0 bridgehead atoms. The minimum absolute atomic E-state index is 0.209. The highest BCUT2D eigenvalue weighted by atomic mass is 32.2. The van der Waals surface area contributed by atoms with E-state index in [0.29, 0.717) is 19.5 Å². The van der Waals surface area contributed by atoms with E-state index in [1.54, 1.807) is 4.31 Å².